The summed E-state index contributed by atoms with van der Waals surface area (Å²) in [6.07, 6.45) is 0.919. The Labute approximate surface area is 109 Å². The first-order valence-corrected chi connectivity index (χ1v) is 7.22. The molecule has 2 aromatic heterocycles. The molecule has 0 aliphatic rings. The normalized spacial score (nSPS) is 14.8. The summed E-state index contributed by atoms with van der Waals surface area (Å²) >= 11 is 3.26. The van der Waals surface area contributed by atoms with E-state index in [1.807, 2.05) is 6.07 Å². The molecule has 17 heavy (non-hydrogen) atoms. The molecule has 2 unspecified atom stereocenters. The summed E-state index contributed by atoms with van der Waals surface area (Å²) in [6.45, 7) is 3.88. The van der Waals surface area contributed by atoms with Crippen LogP contribution in [0.25, 0.3) is 0 Å². The number of aromatic nitrogens is 2. The van der Waals surface area contributed by atoms with Gasteiger partial charge in [-0.1, -0.05) is 24.8 Å². The van der Waals surface area contributed by atoms with Gasteiger partial charge in [0.05, 0.1) is 5.25 Å². The van der Waals surface area contributed by atoms with Gasteiger partial charge in [0.25, 0.3) is 5.22 Å². The van der Waals surface area contributed by atoms with E-state index in [1.165, 1.54) is 4.88 Å². The predicted molar refractivity (Wildman–Crippen MR) is 70.2 cm³/mol. The van der Waals surface area contributed by atoms with E-state index < -0.39 is 0 Å². The lowest BCUT2D eigenvalue weighted by atomic mass is 10.1. The van der Waals surface area contributed by atoms with Gasteiger partial charge in [-0.25, -0.2) is 0 Å². The molecule has 0 bridgehead atoms. The molecular weight excluding hydrogens is 254 g/mol. The largest absolute Gasteiger partial charge is 0.416 e. The van der Waals surface area contributed by atoms with Crippen molar-refractivity contribution in [3.63, 3.8) is 0 Å². The molecule has 4 nitrogen and oxygen atoms in total. The summed E-state index contributed by atoms with van der Waals surface area (Å²) in [5, 5.41) is 10.7. The van der Waals surface area contributed by atoms with Crippen LogP contribution in [0.1, 0.15) is 29.4 Å². The summed E-state index contributed by atoms with van der Waals surface area (Å²) in [5.41, 5.74) is 6.16. The van der Waals surface area contributed by atoms with Gasteiger partial charge >= 0.3 is 0 Å². The van der Waals surface area contributed by atoms with Crippen LogP contribution >= 0.6 is 23.1 Å². The average Bonchev–Trinajstić information content (AvgIpc) is 2.96. The Bertz CT molecular complexity index is 455. The smallest absolute Gasteiger partial charge is 0.277 e. The number of nitrogens with two attached hydrogens (primary N) is 1. The molecule has 6 heteroatoms. The summed E-state index contributed by atoms with van der Waals surface area (Å²) in [4.78, 5) is 1.25. The van der Waals surface area contributed by atoms with Gasteiger partial charge in [0.1, 0.15) is 0 Å². The van der Waals surface area contributed by atoms with Crippen molar-refractivity contribution in [3.05, 3.63) is 28.3 Å². The van der Waals surface area contributed by atoms with E-state index >= 15 is 0 Å². The SMILES string of the molecule is CCC(N)C(Sc1nnc(C)o1)c1cccs1. The van der Waals surface area contributed by atoms with E-state index in [9.17, 15) is 0 Å². The van der Waals surface area contributed by atoms with Gasteiger partial charge in [0, 0.05) is 17.8 Å². The standard InChI is InChI=1S/C11H15N3OS2/c1-3-8(12)10(9-5-4-6-16-9)17-11-14-13-7(2)15-11/h4-6,8,10H,3,12H2,1-2H3. The van der Waals surface area contributed by atoms with Crippen LogP contribution in [0.2, 0.25) is 0 Å². The number of rotatable bonds is 5. The minimum atomic E-state index is 0.0888. The second kappa shape index (κ2) is 5.66. The van der Waals surface area contributed by atoms with E-state index in [2.05, 4.69) is 28.6 Å². The molecule has 0 spiro atoms. The van der Waals surface area contributed by atoms with Crippen LogP contribution in [0, 0.1) is 6.92 Å². The van der Waals surface area contributed by atoms with E-state index in [4.69, 9.17) is 10.2 Å². The summed E-state index contributed by atoms with van der Waals surface area (Å²) < 4.78 is 5.40. The third kappa shape index (κ3) is 3.08. The molecule has 0 saturated carbocycles. The molecule has 2 atom stereocenters. The fourth-order valence-corrected chi connectivity index (χ4v) is 3.59. The first-order chi connectivity index (χ1) is 8.20. The molecular formula is C11H15N3OS2. The Morgan fingerprint density at radius 1 is 1.53 bits per heavy atom. The maximum atomic E-state index is 6.16. The predicted octanol–water partition coefficient (Wildman–Crippen LogP) is 3.01. The van der Waals surface area contributed by atoms with Crippen molar-refractivity contribution >= 4 is 23.1 Å². The van der Waals surface area contributed by atoms with Gasteiger partial charge in [-0.2, -0.15) is 0 Å². The highest BCUT2D eigenvalue weighted by molar-refractivity contribution is 7.99. The second-order valence-corrected chi connectivity index (χ2v) is 5.79. The number of thiophene rings is 1. The highest BCUT2D eigenvalue weighted by Crippen LogP contribution is 2.39. The maximum absolute atomic E-state index is 6.16. The summed E-state index contributed by atoms with van der Waals surface area (Å²) in [7, 11) is 0. The van der Waals surface area contributed by atoms with E-state index in [0.29, 0.717) is 11.1 Å². The fourth-order valence-electron chi connectivity index (χ4n) is 1.46. The van der Waals surface area contributed by atoms with Crippen LogP contribution in [-0.2, 0) is 0 Å². The monoisotopic (exact) mass is 269 g/mol. The Morgan fingerprint density at radius 2 is 2.35 bits per heavy atom. The minimum absolute atomic E-state index is 0.0888. The molecule has 0 aliphatic carbocycles. The van der Waals surface area contributed by atoms with Crippen molar-refractivity contribution in [3.8, 4) is 0 Å². The molecule has 0 saturated heterocycles. The zero-order valence-corrected chi connectivity index (χ0v) is 11.4. The number of hydrogen-bond acceptors (Lipinski definition) is 6. The first kappa shape index (κ1) is 12.6. The highest BCUT2D eigenvalue weighted by Gasteiger charge is 2.23. The van der Waals surface area contributed by atoms with Crippen LogP contribution in [0.5, 0.6) is 0 Å². The topological polar surface area (TPSA) is 64.9 Å². The summed E-state index contributed by atoms with van der Waals surface area (Å²) in [5.74, 6) is 0.586. The van der Waals surface area contributed by atoms with Crippen LogP contribution in [-0.4, -0.2) is 16.2 Å². The van der Waals surface area contributed by atoms with E-state index in [0.717, 1.165) is 6.42 Å². The first-order valence-electron chi connectivity index (χ1n) is 5.46. The summed E-state index contributed by atoms with van der Waals surface area (Å²) in [6, 6.07) is 4.22. The average molecular weight is 269 g/mol. The molecule has 0 aliphatic heterocycles. The van der Waals surface area contributed by atoms with Crippen molar-refractivity contribution in [1.29, 1.82) is 0 Å². The van der Waals surface area contributed by atoms with Crippen LogP contribution in [0.4, 0.5) is 0 Å². The van der Waals surface area contributed by atoms with Gasteiger partial charge in [-0.3, -0.25) is 0 Å². The maximum Gasteiger partial charge on any atom is 0.277 e. The lowest BCUT2D eigenvalue weighted by Crippen LogP contribution is -2.25. The quantitative estimate of drug-likeness (QED) is 0.845. The third-order valence-corrected chi connectivity index (χ3v) is 4.75. The number of hydrogen-bond donors (Lipinski definition) is 1. The lowest BCUT2D eigenvalue weighted by Gasteiger charge is -2.19. The molecule has 2 aromatic rings. The van der Waals surface area contributed by atoms with Gasteiger partial charge in [0.15, 0.2) is 0 Å². The Balaban J connectivity index is 2.17. The zero-order chi connectivity index (χ0) is 12.3. The minimum Gasteiger partial charge on any atom is -0.416 e. The van der Waals surface area contributed by atoms with Gasteiger partial charge in [-0.05, 0) is 17.9 Å². The number of nitrogens with zero attached hydrogens (tertiary/aromatic N) is 2. The Kier molecular flexibility index (Phi) is 4.20. The van der Waals surface area contributed by atoms with Crippen molar-refractivity contribution in [2.45, 2.75) is 36.8 Å². The Morgan fingerprint density at radius 3 is 2.88 bits per heavy atom. The van der Waals surface area contributed by atoms with Crippen molar-refractivity contribution in [1.82, 2.24) is 10.2 Å². The number of thioether (sulfide) groups is 1. The Hall–Kier alpha value is -0.850. The molecule has 92 valence electrons. The molecule has 2 rings (SSSR count). The molecule has 0 amide bonds. The molecule has 0 fully saturated rings. The van der Waals surface area contributed by atoms with Gasteiger partial charge < -0.3 is 10.2 Å². The molecule has 0 aromatic carbocycles. The molecule has 0 radical (unpaired) electrons. The van der Waals surface area contributed by atoms with Gasteiger partial charge in [0.2, 0.25) is 5.89 Å². The van der Waals surface area contributed by atoms with Gasteiger partial charge in [-0.15, -0.1) is 21.5 Å². The van der Waals surface area contributed by atoms with Crippen molar-refractivity contribution in [2.75, 3.05) is 0 Å². The molecule has 2 N–H and O–H groups in total. The second-order valence-electron chi connectivity index (χ2n) is 3.71. The fraction of sp³-hybridized carbons (Fsp3) is 0.455. The van der Waals surface area contributed by atoms with Crippen LogP contribution in [0.15, 0.2) is 27.2 Å². The molecule has 2 heterocycles. The van der Waals surface area contributed by atoms with Crippen molar-refractivity contribution < 1.29 is 4.42 Å². The number of aryl methyl sites for hydroxylation is 1. The third-order valence-electron chi connectivity index (χ3n) is 2.42. The van der Waals surface area contributed by atoms with Crippen molar-refractivity contribution in [2.24, 2.45) is 5.73 Å². The van der Waals surface area contributed by atoms with Crippen LogP contribution < -0.4 is 5.73 Å². The zero-order valence-electron chi connectivity index (χ0n) is 9.79. The van der Waals surface area contributed by atoms with E-state index in [-0.39, 0.29) is 11.3 Å². The van der Waals surface area contributed by atoms with E-state index in [1.54, 1.807) is 30.0 Å². The highest BCUT2D eigenvalue weighted by atomic mass is 32.2. The van der Waals surface area contributed by atoms with Crippen LogP contribution in [0.3, 0.4) is 0 Å². The lowest BCUT2D eigenvalue weighted by molar-refractivity contribution is 0.427.